The molecule has 1 fully saturated rings. The van der Waals surface area contributed by atoms with E-state index in [4.69, 9.17) is 4.52 Å². The molecule has 19 heavy (non-hydrogen) atoms. The topological polar surface area (TPSA) is 51.0 Å². The minimum absolute atomic E-state index is 0.154. The molecule has 0 aliphatic carbocycles. The molecule has 1 aliphatic rings. The molecule has 2 aromatic rings. The molecule has 1 atom stereocenters. The van der Waals surface area contributed by atoms with Gasteiger partial charge in [-0.15, -0.1) is 0 Å². The van der Waals surface area contributed by atoms with Crippen molar-refractivity contribution in [2.75, 3.05) is 6.54 Å². The molecule has 1 N–H and O–H groups in total. The van der Waals surface area contributed by atoms with Gasteiger partial charge in [0.1, 0.15) is 5.82 Å². The molecule has 0 radical (unpaired) electrons. The summed E-state index contributed by atoms with van der Waals surface area (Å²) in [5.74, 6) is 0.757. The zero-order valence-corrected chi connectivity index (χ0v) is 10.8. The smallest absolute Gasteiger partial charge is 0.258 e. The van der Waals surface area contributed by atoms with Gasteiger partial charge in [-0.2, -0.15) is 4.98 Å². The number of halogens is 1. The number of nitrogens with one attached hydrogen (secondary N) is 1. The van der Waals surface area contributed by atoms with Crippen molar-refractivity contribution in [1.29, 1.82) is 0 Å². The molecular formula is C14H16FN3O. The van der Waals surface area contributed by atoms with Crippen molar-refractivity contribution in [2.45, 2.75) is 32.2 Å². The van der Waals surface area contributed by atoms with E-state index in [1.807, 2.05) is 13.0 Å². The molecule has 1 unspecified atom stereocenters. The van der Waals surface area contributed by atoms with Gasteiger partial charge < -0.3 is 9.84 Å². The van der Waals surface area contributed by atoms with Crippen LogP contribution in [0.1, 0.15) is 36.7 Å². The number of aromatic nitrogens is 2. The molecule has 1 aromatic carbocycles. The standard InChI is InChI=1S/C14H16FN3O/c1-9-6-10(8-11(15)7-9)14-17-13(18-19-14)12-4-2-3-5-16-12/h6-8,12,16H,2-5H2,1H3. The lowest BCUT2D eigenvalue weighted by Crippen LogP contribution is -2.27. The van der Waals surface area contributed by atoms with Crippen molar-refractivity contribution in [2.24, 2.45) is 0 Å². The Kier molecular flexibility index (Phi) is 3.29. The van der Waals surface area contributed by atoms with Gasteiger partial charge in [-0.05, 0) is 50.1 Å². The number of piperidine rings is 1. The Labute approximate surface area is 111 Å². The van der Waals surface area contributed by atoms with E-state index in [9.17, 15) is 4.39 Å². The summed E-state index contributed by atoms with van der Waals surface area (Å²) in [5, 5.41) is 7.37. The number of rotatable bonds is 2. The fraction of sp³-hybridized carbons (Fsp3) is 0.429. The summed E-state index contributed by atoms with van der Waals surface area (Å²) >= 11 is 0. The van der Waals surface area contributed by atoms with E-state index in [0.29, 0.717) is 17.3 Å². The van der Waals surface area contributed by atoms with E-state index in [1.54, 1.807) is 0 Å². The molecule has 100 valence electrons. The van der Waals surface area contributed by atoms with Crippen LogP contribution in [0, 0.1) is 12.7 Å². The van der Waals surface area contributed by atoms with Crippen molar-refractivity contribution in [1.82, 2.24) is 15.5 Å². The second kappa shape index (κ2) is 5.09. The summed E-state index contributed by atoms with van der Waals surface area (Å²) in [6.45, 7) is 2.82. The third-order valence-electron chi connectivity index (χ3n) is 3.35. The van der Waals surface area contributed by atoms with E-state index in [1.165, 1.54) is 25.0 Å². The predicted molar refractivity (Wildman–Crippen MR) is 69.0 cm³/mol. The van der Waals surface area contributed by atoms with Gasteiger partial charge in [0.05, 0.1) is 6.04 Å². The van der Waals surface area contributed by atoms with Gasteiger partial charge in [0.15, 0.2) is 5.82 Å². The van der Waals surface area contributed by atoms with Crippen LogP contribution < -0.4 is 5.32 Å². The van der Waals surface area contributed by atoms with E-state index >= 15 is 0 Å². The molecule has 0 spiro atoms. The maximum absolute atomic E-state index is 13.4. The molecule has 1 saturated heterocycles. The number of benzene rings is 1. The van der Waals surface area contributed by atoms with Gasteiger partial charge in [0.2, 0.25) is 0 Å². The van der Waals surface area contributed by atoms with Crippen molar-refractivity contribution >= 4 is 0 Å². The van der Waals surface area contributed by atoms with Crippen LogP contribution in [0.5, 0.6) is 0 Å². The van der Waals surface area contributed by atoms with Crippen molar-refractivity contribution in [3.63, 3.8) is 0 Å². The Balaban J connectivity index is 1.87. The lowest BCUT2D eigenvalue weighted by Gasteiger charge is -2.19. The monoisotopic (exact) mass is 261 g/mol. The highest BCUT2D eigenvalue weighted by molar-refractivity contribution is 5.54. The fourth-order valence-electron chi connectivity index (χ4n) is 2.43. The van der Waals surface area contributed by atoms with Crippen LogP contribution >= 0.6 is 0 Å². The van der Waals surface area contributed by atoms with Gasteiger partial charge in [0.25, 0.3) is 5.89 Å². The van der Waals surface area contributed by atoms with Gasteiger partial charge in [-0.3, -0.25) is 0 Å². The van der Waals surface area contributed by atoms with Crippen LogP contribution in [0.2, 0.25) is 0 Å². The highest BCUT2D eigenvalue weighted by Gasteiger charge is 2.20. The highest BCUT2D eigenvalue weighted by Crippen LogP contribution is 2.25. The molecular weight excluding hydrogens is 245 g/mol. The van der Waals surface area contributed by atoms with Crippen molar-refractivity contribution in [3.8, 4) is 11.5 Å². The van der Waals surface area contributed by atoms with Crippen LogP contribution in [0.3, 0.4) is 0 Å². The zero-order chi connectivity index (χ0) is 13.2. The van der Waals surface area contributed by atoms with Gasteiger partial charge in [-0.25, -0.2) is 4.39 Å². The Morgan fingerprint density at radius 1 is 1.32 bits per heavy atom. The highest BCUT2D eigenvalue weighted by atomic mass is 19.1. The maximum atomic E-state index is 13.4. The summed E-state index contributed by atoms with van der Waals surface area (Å²) in [4.78, 5) is 4.38. The average molecular weight is 261 g/mol. The zero-order valence-electron chi connectivity index (χ0n) is 10.8. The molecule has 0 amide bonds. The molecule has 4 nitrogen and oxygen atoms in total. The second-order valence-electron chi connectivity index (χ2n) is 4.98. The minimum Gasteiger partial charge on any atom is -0.334 e. The first-order valence-electron chi connectivity index (χ1n) is 6.57. The summed E-state index contributed by atoms with van der Waals surface area (Å²) in [5.41, 5.74) is 1.47. The molecule has 3 rings (SSSR count). The molecule has 0 bridgehead atoms. The second-order valence-corrected chi connectivity index (χ2v) is 4.98. The minimum atomic E-state index is -0.287. The molecule has 0 saturated carbocycles. The third kappa shape index (κ3) is 2.66. The van der Waals surface area contributed by atoms with E-state index < -0.39 is 0 Å². The Hall–Kier alpha value is -1.75. The van der Waals surface area contributed by atoms with E-state index in [0.717, 1.165) is 18.5 Å². The van der Waals surface area contributed by atoms with Crippen molar-refractivity contribution in [3.05, 3.63) is 35.4 Å². The van der Waals surface area contributed by atoms with Crippen molar-refractivity contribution < 1.29 is 8.91 Å². The van der Waals surface area contributed by atoms with Gasteiger partial charge >= 0.3 is 0 Å². The van der Waals surface area contributed by atoms with Gasteiger partial charge in [-0.1, -0.05) is 11.6 Å². The van der Waals surface area contributed by atoms with Crippen LogP contribution in [0.25, 0.3) is 11.5 Å². The van der Waals surface area contributed by atoms with Crippen LogP contribution in [-0.4, -0.2) is 16.7 Å². The summed E-state index contributed by atoms with van der Waals surface area (Å²) in [7, 11) is 0. The van der Waals surface area contributed by atoms with E-state index in [-0.39, 0.29) is 11.9 Å². The quantitative estimate of drug-likeness (QED) is 0.902. The summed E-state index contributed by atoms with van der Waals surface area (Å²) in [6.07, 6.45) is 3.37. The normalized spacial score (nSPS) is 19.6. The Morgan fingerprint density at radius 2 is 2.21 bits per heavy atom. The molecule has 5 heteroatoms. The number of hydrogen-bond acceptors (Lipinski definition) is 4. The first-order chi connectivity index (χ1) is 9.22. The maximum Gasteiger partial charge on any atom is 0.258 e. The molecule has 1 aliphatic heterocycles. The summed E-state index contributed by atoms with van der Waals surface area (Å²) < 4.78 is 18.6. The third-order valence-corrected chi connectivity index (χ3v) is 3.35. The largest absolute Gasteiger partial charge is 0.334 e. The Morgan fingerprint density at radius 3 is 2.95 bits per heavy atom. The number of hydrogen-bond donors (Lipinski definition) is 1. The SMILES string of the molecule is Cc1cc(F)cc(-c2nc(C3CCCCN3)no2)c1. The average Bonchev–Trinajstić information content (AvgIpc) is 2.88. The lowest BCUT2D eigenvalue weighted by molar-refractivity contribution is 0.367. The number of nitrogens with zero attached hydrogens (tertiary/aromatic N) is 2. The predicted octanol–water partition coefficient (Wildman–Crippen LogP) is 3.00. The molecule has 2 heterocycles. The van der Waals surface area contributed by atoms with E-state index in [2.05, 4.69) is 15.5 Å². The van der Waals surface area contributed by atoms with Gasteiger partial charge in [0, 0.05) is 5.56 Å². The van der Waals surface area contributed by atoms with Crippen LogP contribution in [-0.2, 0) is 0 Å². The Bertz CT molecular complexity index is 556. The van der Waals surface area contributed by atoms with Crippen LogP contribution in [0.15, 0.2) is 22.7 Å². The fourth-order valence-corrected chi connectivity index (χ4v) is 2.43. The first kappa shape index (κ1) is 12.3. The summed E-state index contributed by atoms with van der Waals surface area (Å²) in [6, 6.07) is 4.89. The van der Waals surface area contributed by atoms with Crippen LogP contribution in [0.4, 0.5) is 4.39 Å². The molecule has 1 aromatic heterocycles. The lowest BCUT2D eigenvalue weighted by atomic mass is 10.0. The first-order valence-corrected chi connectivity index (χ1v) is 6.57. The number of aryl methyl sites for hydroxylation is 1.